The summed E-state index contributed by atoms with van der Waals surface area (Å²) in [6.07, 6.45) is 4.95. The zero-order chi connectivity index (χ0) is 26.3. The van der Waals surface area contributed by atoms with Crippen LogP contribution >= 0.6 is 0 Å². The molecule has 192 valence electrons. The first-order valence-electron chi connectivity index (χ1n) is 11.8. The van der Waals surface area contributed by atoms with Crippen molar-refractivity contribution in [1.29, 1.82) is 0 Å². The summed E-state index contributed by atoms with van der Waals surface area (Å²) in [6, 6.07) is 10.7. The van der Waals surface area contributed by atoms with Crippen LogP contribution in [0.2, 0.25) is 0 Å². The zero-order valence-corrected chi connectivity index (χ0v) is 21.4. The van der Waals surface area contributed by atoms with Crippen molar-refractivity contribution in [1.82, 2.24) is 0 Å². The lowest BCUT2D eigenvalue weighted by Crippen LogP contribution is -2.33. The monoisotopic (exact) mass is 514 g/mol. The van der Waals surface area contributed by atoms with Gasteiger partial charge in [0.15, 0.2) is 12.4 Å². The number of nitrogens with zero attached hydrogens (tertiary/aromatic N) is 2. The van der Waals surface area contributed by atoms with Crippen LogP contribution in [0.25, 0.3) is 22.6 Å². The smallest absolute Gasteiger partial charge is 0.343 e. The molecule has 0 aliphatic rings. The number of hydrogen-bond donors (Lipinski definition) is 0. The quantitative estimate of drug-likeness (QED) is 0.126. The summed E-state index contributed by atoms with van der Waals surface area (Å²) in [4.78, 5) is 27.7. The van der Waals surface area contributed by atoms with Crippen molar-refractivity contribution in [3.05, 3.63) is 70.3 Å². The molecule has 0 unspecified atom stereocenters. The van der Waals surface area contributed by atoms with Gasteiger partial charge in [-0.2, -0.15) is 0 Å². The van der Waals surface area contributed by atoms with Crippen molar-refractivity contribution in [2.45, 2.75) is 33.7 Å². The van der Waals surface area contributed by atoms with Crippen molar-refractivity contribution < 1.29 is 31.5 Å². The van der Waals surface area contributed by atoms with Gasteiger partial charge in [-0.1, -0.05) is 0 Å². The Morgan fingerprint density at radius 3 is 2.42 bits per heavy atom. The van der Waals surface area contributed by atoms with Gasteiger partial charge in [0.05, 0.1) is 27.9 Å². The molecule has 0 saturated heterocycles. The fourth-order valence-electron chi connectivity index (χ4n) is 3.84. The standard InChI is InChI=1S/C26H30N2O7S/c1-4-28(5-2)22-9-8-20-16-21(25(29)35-24(20)18-22)17-23(26(30)34-6-3)19-10-13-27(14-11-19)12-7-15-36(31,32)33/h8-11,13-14,16-18H,4-7,12,15H2,1-3H3. The van der Waals surface area contributed by atoms with E-state index in [1.807, 2.05) is 18.2 Å². The summed E-state index contributed by atoms with van der Waals surface area (Å²) in [7, 11) is -4.27. The highest BCUT2D eigenvalue weighted by Gasteiger charge is 2.17. The fraction of sp³-hybridized carbons (Fsp3) is 0.346. The number of rotatable bonds is 11. The highest BCUT2D eigenvalue weighted by atomic mass is 32.2. The number of hydrogen-bond acceptors (Lipinski definition) is 8. The molecule has 2 aromatic heterocycles. The van der Waals surface area contributed by atoms with Crippen LogP contribution in [0, 0.1) is 0 Å². The van der Waals surface area contributed by atoms with E-state index in [2.05, 4.69) is 18.7 Å². The lowest BCUT2D eigenvalue weighted by Gasteiger charge is -2.20. The maximum Gasteiger partial charge on any atom is 0.343 e. The second kappa shape index (κ2) is 12.0. The molecule has 9 nitrogen and oxygen atoms in total. The third kappa shape index (κ3) is 7.02. The van der Waals surface area contributed by atoms with E-state index in [1.54, 1.807) is 42.1 Å². The van der Waals surface area contributed by atoms with E-state index >= 15 is 0 Å². The van der Waals surface area contributed by atoms with Crippen molar-refractivity contribution in [2.75, 3.05) is 30.3 Å². The maximum absolute atomic E-state index is 12.8. The van der Waals surface area contributed by atoms with Gasteiger partial charge in [-0.05, 0) is 45.0 Å². The summed E-state index contributed by atoms with van der Waals surface area (Å²) in [5.74, 6) is -1.05. The molecular weight excluding hydrogens is 484 g/mol. The van der Waals surface area contributed by atoms with Crippen LogP contribution in [0.4, 0.5) is 5.69 Å². The number of aryl methyl sites for hydroxylation is 1. The molecule has 0 atom stereocenters. The second-order valence-electron chi connectivity index (χ2n) is 8.10. The van der Waals surface area contributed by atoms with Gasteiger partial charge in [0.2, 0.25) is 0 Å². The molecule has 0 bridgehead atoms. The Labute approximate surface area is 210 Å². The second-order valence-corrected chi connectivity index (χ2v) is 9.63. The van der Waals surface area contributed by atoms with E-state index in [9.17, 15) is 22.6 Å². The Morgan fingerprint density at radius 1 is 1.11 bits per heavy atom. The number of esters is 1. The van der Waals surface area contributed by atoms with Crippen LogP contribution in [0.3, 0.4) is 0 Å². The molecule has 3 aromatic rings. The van der Waals surface area contributed by atoms with Gasteiger partial charge in [-0.3, -0.25) is 0 Å². The molecular formula is C26H30N2O7S. The molecule has 0 fully saturated rings. The van der Waals surface area contributed by atoms with E-state index in [4.69, 9.17) is 9.15 Å². The molecule has 0 aliphatic heterocycles. The van der Waals surface area contributed by atoms with Gasteiger partial charge in [-0.25, -0.2) is 22.6 Å². The Morgan fingerprint density at radius 2 is 1.81 bits per heavy atom. The summed E-state index contributed by atoms with van der Waals surface area (Å²) < 4.78 is 44.9. The molecule has 0 aliphatic carbocycles. The third-order valence-corrected chi connectivity index (χ3v) is 6.47. The number of aromatic nitrogens is 1. The van der Waals surface area contributed by atoms with E-state index < -0.39 is 27.5 Å². The van der Waals surface area contributed by atoms with Crippen LogP contribution in [0.15, 0.2) is 58.0 Å². The molecule has 0 saturated carbocycles. The Kier molecular flexibility index (Phi) is 9.00. The lowest BCUT2D eigenvalue weighted by molar-refractivity contribution is -0.696. The maximum atomic E-state index is 12.8. The first-order chi connectivity index (χ1) is 17.1. The highest BCUT2D eigenvalue weighted by molar-refractivity contribution is 7.85. The molecule has 10 heteroatoms. The SMILES string of the molecule is CCOC(=O)/C(=C\c1cc2ccc(N(CC)CC)cc2oc1=O)c1cc[n+](CCCS(=O)(=O)[O-])cc1. The number of pyridine rings is 1. The molecule has 0 radical (unpaired) electrons. The van der Waals surface area contributed by atoms with Crippen LogP contribution in [0.5, 0.6) is 0 Å². The minimum Gasteiger partial charge on any atom is -0.748 e. The average molecular weight is 515 g/mol. The number of ether oxygens (including phenoxy) is 1. The Bertz CT molecular complexity index is 1410. The van der Waals surface area contributed by atoms with E-state index in [0.29, 0.717) is 17.7 Å². The topological polar surface area (TPSA) is 121 Å². The van der Waals surface area contributed by atoms with Gasteiger partial charge in [-0.15, -0.1) is 0 Å². The predicted octanol–water partition coefficient (Wildman–Crippen LogP) is 2.97. The van der Waals surface area contributed by atoms with Crippen molar-refractivity contribution in [2.24, 2.45) is 0 Å². The highest BCUT2D eigenvalue weighted by Crippen LogP contribution is 2.24. The Balaban J connectivity index is 1.96. The van der Waals surface area contributed by atoms with Gasteiger partial charge < -0.3 is 18.6 Å². The zero-order valence-electron chi connectivity index (χ0n) is 20.6. The molecule has 0 N–H and O–H groups in total. The van der Waals surface area contributed by atoms with E-state index in [1.165, 1.54) is 6.08 Å². The first kappa shape index (κ1) is 27.1. The van der Waals surface area contributed by atoms with E-state index in [0.717, 1.165) is 24.2 Å². The average Bonchev–Trinajstić information content (AvgIpc) is 2.83. The van der Waals surface area contributed by atoms with Gasteiger partial charge >= 0.3 is 11.6 Å². The fourth-order valence-corrected chi connectivity index (χ4v) is 4.32. The van der Waals surface area contributed by atoms with Crippen LogP contribution in [0.1, 0.15) is 38.3 Å². The van der Waals surface area contributed by atoms with Crippen molar-refractivity contribution in [3.8, 4) is 0 Å². The van der Waals surface area contributed by atoms with Crippen LogP contribution in [-0.2, 0) is 26.2 Å². The normalized spacial score (nSPS) is 12.1. The molecule has 1 aromatic carbocycles. The third-order valence-electron chi connectivity index (χ3n) is 5.68. The summed E-state index contributed by atoms with van der Waals surface area (Å²) in [5, 5.41) is 0.721. The molecule has 36 heavy (non-hydrogen) atoms. The summed E-state index contributed by atoms with van der Waals surface area (Å²) in [5.41, 5.74) is 1.73. The Hall–Kier alpha value is -3.50. The predicted molar refractivity (Wildman–Crippen MR) is 136 cm³/mol. The molecule has 0 amide bonds. The molecule has 3 rings (SSSR count). The number of carbonyl (C=O) groups excluding carboxylic acids is 1. The van der Waals surface area contributed by atoms with Gasteiger partial charge in [0.25, 0.3) is 0 Å². The number of carbonyl (C=O) groups is 1. The van der Waals surface area contributed by atoms with Gasteiger partial charge in [0, 0.05) is 60.1 Å². The molecule has 0 spiro atoms. The first-order valence-corrected chi connectivity index (χ1v) is 13.4. The van der Waals surface area contributed by atoms with E-state index in [-0.39, 0.29) is 24.2 Å². The van der Waals surface area contributed by atoms with Gasteiger partial charge in [0.1, 0.15) is 12.1 Å². The summed E-state index contributed by atoms with van der Waals surface area (Å²) in [6.45, 7) is 7.93. The van der Waals surface area contributed by atoms with Crippen molar-refractivity contribution in [3.63, 3.8) is 0 Å². The summed E-state index contributed by atoms with van der Waals surface area (Å²) >= 11 is 0. The minimum absolute atomic E-state index is 0.160. The number of anilines is 1. The van der Waals surface area contributed by atoms with Crippen LogP contribution in [-0.4, -0.2) is 44.4 Å². The number of benzene rings is 1. The van der Waals surface area contributed by atoms with Crippen molar-refractivity contribution >= 4 is 44.4 Å². The molecule has 2 heterocycles. The van der Waals surface area contributed by atoms with Crippen LogP contribution < -0.4 is 15.1 Å². The minimum atomic E-state index is -4.27. The lowest BCUT2D eigenvalue weighted by atomic mass is 10.0. The number of fused-ring (bicyclic) bond motifs is 1. The largest absolute Gasteiger partial charge is 0.748 e.